The Bertz CT molecular complexity index is 291. The third-order valence-corrected chi connectivity index (χ3v) is 2.84. The summed E-state index contributed by atoms with van der Waals surface area (Å²) in [6.45, 7) is 10.7. The maximum atomic E-state index is 4.43. The molecule has 0 bridgehead atoms. The van der Waals surface area contributed by atoms with Crippen LogP contribution in [0.1, 0.15) is 50.9 Å². The Hall–Kier alpha value is -0.830. The van der Waals surface area contributed by atoms with Crippen molar-refractivity contribution in [3.63, 3.8) is 0 Å². The summed E-state index contributed by atoms with van der Waals surface area (Å²) in [5.41, 5.74) is 2.63. The van der Waals surface area contributed by atoms with Crippen molar-refractivity contribution in [3.05, 3.63) is 17.5 Å². The summed E-state index contributed by atoms with van der Waals surface area (Å²) in [4.78, 5) is 0. The van der Waals surface area contributed by atoms with E-state index in [9.17, 15) is 0 Å². The molecule has 0 radical (unpaired) electrons. The first-order chi connectivity index (χ1) is 7.20. The molecule has 0 saturated heterocycles. The fourth-order valence-electron chi connectivity index (χ4n) is 1.84. The average Bonchev–Trinajstić information content (AvgIpc) is 2.57. The van der Waals surface area contributed by atoms with Crippen LogP contribution in [0.4, 0.5) is 0 Å². The normalized spacial score (nSPS) is 13.1. The number of hydrogen-bond acceptors (Lipinski definition) is 2. The predicted molar refractivity (Wildman–Crippen MR) is 64.0 cm³/mol. The SMILES string of the molecule is CCCCn1ncc(C(C)NCC)c1C. The number of hydrogen-bond donors (Lipinski definition) is 1. The maximum absolute atomic E-state index is 4.43. The van der Waals surface area contributed by atoms with Crippen molar-refractivity contribution in [1.82, 2.24) is 15.1 Å². The highest BCUT2D eigenvalue weighted by Crippen LogP contribution is 2.16. The molecule has 1 heterocycles. The van der Waals surface area contributed by atoms with Crippen molar-refractivity contribution in [1.29, 1.82) is 0 Å². The minimum Gasteiger partial charge on any atom is -0.310 e. The number of nitrogens with one attached hydrogen (secondary N) is 1. The van der Waals surface area contributed by atoms with Crippen LogP contribution in [0.2, 0.25) is 0 Å². The lowest BCUT2D eigenvalue weighted by Crippen LogP contribution is -2.18. The van der Waals surface area contributed by atoms with E-state index in [1.165, 1.54) is 24.1 Å². The molecule has 0 aliphatic rings. The Labute approximate surface area is 92.9 Å². The second-order valence-electron chi connectivity index (χ2n) is 4.04. The van der Waals surface area contributed by atoms with Gasteiger partial charge in [-0.2, -0.15) is 5.10 Å². The van der Waals surface area contributed by atoms with E-state index in [4.69, 9.17) is 0 Å². The average molecular weight is 209 g/mol. The molecule has 1 aromatic heterocycles. The third kappa shape index (κ3) is 3.06. The smallest absolute Gasteiger partial charge is 0.0540 e. The van der Waals surface area contributed by atoms with Gasteiger partial charge in [0.15, 0.2) is 0 Å². The van der Waals surface area contributed by atoms with Gasteiger partial charge in [0, 0.05) is 23.8 Å². The van der Waals surface area contributed by atoms with Crippen molar-refractivity contribution in [3.8, 4) is 0 Å². The van der Waals surface area contributed by atoms with E-state index in [-0.39, 0.29) is 0 Å². The number of aromatic nitrogens is 2. The molecular formula is C12H23N3. The van der Waals surface area contributed by atoms with Crippen LogP contribution in [0.5, 0.6) is 0 Å². The summed E-state index contributed by atoms with van der Waals surface area (Å²) in [5, 5.41) is 7.85. The minimum absolute atomic E-state index is 0.408. The molecule has 1 unspecified atom stereocenters. The molecule has 1 N–H and O–H groups in total. The van der Waals surface area contributed by atoms with Gasteiger partial charge in [-0.25, -0.2) is 0 Å². The van der Waals surface area contributed by atoms with Crippen LogP contribution in [-0.4, -0.2) is 16.3 Å². The first-order valence-corrected chi connectivity index (χ1v) is 5.96. The molecular weight excluding hydrogens is 186 g/mol. The fraction of sp³-hybridized carbons (Fsp3) is 0.750. The lowest BCUT2D eigenvalue weighted by molar-refractivity contribution is 0.551. The lowest BCUT2D eigenvalue weighted by atomic mass is 10.1. The molecule has 1 rings (SSSR count). The minimum atomic E-state index is 0.408. The first-order valence-electron chi connectivity index (χ1n) is 5.96. The number of rotatable bonds is 6. The first kappa shape index (κ1) is 12.2. The Morgan fingerprint density at radius 3 is 2.80 bits per heavy atom. The van der Waals surface area contributed by atoms with Gasteiger partial charge in [0.05, 0.1) is 6.20 Å². The van der Waals surface area contributed by atoms with Gasteiger partial charge < -0.3 is 5.32 Å². The van der Waals surface area contributed by atoms with E-state index < -0.39 is 0 Å². The highest BCUT2D eigenvalue weighted by atomic mass is 15.3. The van der Waals surface area contributed by atoms with Crippen molar-refractivity contribution in [2.45, 2.75) is 53.1 Å². The van der Waals surface area contributed by atoms with Gasteiger partial charge in [-0.3, -0.25) is 4.68 Å². The lowest BCUT2D eigenvalue weighted by Gasteiger charge is -2.12. The molecule has 1 aromatic rings. The Kier molecular flexibility index (Phi) is 4.82. The topological polar surface area (TPSA) is 29.9 Å². The zero-order valence-electron chi connectivity index (χ0n) is 10.4. The molecule has 86 valence electrons. The van der Waals surface area contributed by atoms with E-state index in [1.54, 1.807) is 0 Å². The summed E-state index contributed by atoms with van der Waals surface area (Å²) in [5.74, 6) is 0. The molecule has 0 saturated carbocycles. The molecule has 3 nitrogen and oxygen atoms in total. The zero-order valence-corrected chi connectivity index (χ0v) is 10.4. The molecule has 0 aliphatic heterocycles. The van der Waals surface area contributed by atoms with Crippen LogP contribution in [0, 0.1) is 6.92 Å². The fourth-order valence-corrected chi connectivity index (χ4v) is 1.84. The van der Waals surface area contributed by atoms with E-state index in [2.05, 4.69) is 42.8 Å². The Balaban J connectivity index is 2.70. The van der Waals surface area contributed by atoms with Gasteiger partial charge >= 0.3 is 0 Å². The summed E-state index contributed by atoms with van der Waals surface area (Å²) < 4.78 is 2.12. The van der Waals surface area contributed by atoms with Crippen molar-refractivity contribution in [2.24, 2.45) is 0 Å². The van der Waals surface area contributed by atoms with Crippen molar-refractivity contribution >= 4 is 0 Å². The molecule has 0 aliphatic carbocycles. The predicted octanol–water partition coefficient (Wildman–Crippen LogP) is 2.66. The highest BCUT2D eigenvalue weighted by molar-refractivity contribution is 5.19. The Morgan fingerprint density at radius 2 is 2.20 bits per heavy atom. The van der Waals surface area contributed by atoms with Gasteiger partial charge in [0.1, 0.15) is 0 Å². The molecule has 0 aromatic carbocycles. The van der Waals surface area contributed by atoms with E-state index in [0.29, 0.717) is 6.04 Å². The molecule has 0 fully saturated rings. The van der Waals surface area contributed by atoms with E-state index in [1.807, 2.05) is 6.20 Å². The van der Waals surface area contributed by atoms with Gasteiger partial charge in [0.2, 0.25) is 0 Å². The van der Waals surface area contributed by atoms with Gasteiger partial charge in [-0.1, -0.05) is 20.3 Å². The standard InChI is InChI=1S/C12H23N3/c1-5-7-8-15-11(4)12(9-14-15)10(3)13-6-2/h9-10,13H,5-8H2,1-4H3. The maximum Gasteiger partial charge on any atom is 0.0540 e. The molecule has 3 heteroatoms. The third-order valence-electron chi connectivity index (χ3n) is 2.84. The van der Waals surface area contributed by atoms with Gasteiger partial charge in [0.25, 0.3) is 0 Å². The quantitative estimate of drug-likeness (QED) is 0.780. The van der Waals surface area contributed by atoms with Crippen LogP contribution in [0.15, 0.2) is 6.20 Å². The van der Waals surface area contributed by atoms with E-state index >= 15 is 0 Å². The number of unbranched alkanes of at least 4 members (excludes halogenated alkanes) is 1. The largest absolute Gasteiger partial charge is 0.310 e. The van der Waals surface area contributed by atoms with Crippen LogP contribution in [-0.2, 0) is 6.54 Å². The van der Waals surface area contributed by atoms with Crippen LogP contribution in [0.3, 0.4) is 0 Å². The second-order valence-corrected chi connectivity index (χ2v) is 4.04. The highest BCUT2D eigenvalue weighted by Gasteiger charge is 2.11. The number of nitrogens with zero attached hydrogens (tertiary/aromatic N) is 2. The second kappa shape index (κ2) is 5.91. The summed E-state index contributed by atoms with van der Waals surface area (Å²) >= 11 is 0. The molecule has 15 heavy (non-hydrogen) atoms. The van der Waals surface area contributed by atoms with Crippen LogP contribution in [0.25, 0.3) is 0 Å². The monoisotopic (exact) mass is 209 g/mol. The number of aryl methyl sites for hydroxylation is 1. The van der Waals surface area contributed by atoms with E-state index in [0.717, 1.165) is 13.1 Å². The van der Waals surface area contributed by atoms with Gasteiger partial charge in [-0.15, -0.1) is 0 Å². The van der Waals surface area contributed by atoms with Crippen molar-refractivity contribution < 1.29 is 0 Å². The molecule has 0 amide bonds. The van der Waals surface area contributed by atoms with Crippen LogP contribution >= 0.6 is 0 Å². The van der Waals surface area contributed by atoms with Gasteiger partial charge in [-0.05, 0) is 26.8 Å². The summed E-state index contributed by atoms with van der Waals surface area (Å²) in [7, 11) is 0. The molecule has 0 spiro atoms. The van der Waals surface area contributed by atoms with Crippen LogP contribution < -0.4 is 5.32 Å². The zero-order chi connectivity index (χ0) is 11.3. The molecule has 1 atom stereocenters. The Morgan fingerprint density at radius 1 is 1.47 bits per heavy atom. The summed E-state index contributed by atoms with van der Waals surface area (Å²) in [6.07, 6.45) is 4.42. The summed E-state index contributed by atoms with van der Waals surface area (Å²) in [6, 6.07) is 0.408. The van der Waals surface area contributed by atoms with Crippen molar-refractivity contribution in [2.75, 3.05) is 6.54 Å².